The van der Waals surface area contributed by atoms with Gasteiger partial charge < -0.3 is 15.3 Å². The predicted octanol–water partition coefficient (Wildman–Crippen LogP) is -1.45. The van der Waals surface area contributed by atoms with Gasteiger partial charge in [0.1, 0.15) is 6.10 Å². The van der Waals surface area contributed by atoms with E-state index in [-0.39, 0.29) is 6.04 Å². The first-order valence-electron chi connectivity index (χ1n) is 4.48. The molecule has 0 aromatic carbocycles. The summed E-state index contributed by atoms with van der Waals surface area (Å²) < 4.78 is 0. The maximum atomic E-state index is 9.57. The van der Waals surface area contributed by atoms with Crippen molar-refractivity contribution in [3.63, 3.8) is 0 Å². The van der Waals surface area contributed by atoms with E-state index in [9.17, 15) is 15.3 Å². The fourth-order valence-electron chi connectivity index (χ4n) is 2.27. The van der Waals surface area contributed by atoms with Crippen LogP contribution in [0, 0.1) is 0 Å². The van der Waals surface area contributed by atoms with Gasteiger partial charge in [-0.25, -0.2) is 0 Å². The molecule has 12 heavy (non-hydrogen) atoms. The molecule has 0 spiro atoms. The second-order valence-corrected chi connectivity index (χ2v) is 3.75. The van der Waals surface area contributed by atoms with E-state index in [1.54, 1.807) is 0 Å². The Morgan fingerprint density at radius 3 is 2.58 bits per heavy atom. The number of aliphatic hydroxyl groups is 3. The fourth-order valence-corrected chi connectivity index (χ4v) is 2.27. The Labute approximate surface area is 71.4 Å². The molecule has 4 atom stereocenters. The van der Waals surface area contributed by atoms with Crippen LogP contribution in [0.3, 0.4) is 0 Å². The summed E-state index contributed by atoms with van der Waals surface area (Å²) in [5, 5.41) is 28.3. The summed E-state index contributed by atoms with van der Waals surface area (Å²) in [6.07, 6.45) is -0.513. The molecule has 2 heterocycles. The highest BCUT2D eigenvalue weighted by Crippen LogP contribution is 2.27. The van der Waals surface area contributed by atoms with E-state index in [4.69, 9.17) is 0 Å². The first-order valence-corrected chi connectivity index (χ1v) is 4.48. The molecule has 0 radical (unpaired) electrons. The van der Waals surface area contributed by atoms with Gasteiger partial charge in [-0.1, -0.05) is 0 Å². The van der Waals surface area contributed by atoms with E-state index in [0.29, 0.717) is 6.54 Å². The van der Waals surface area contributed by atoms with Crippen molar-refractivity contribution in [2.75, 3.05) is 13.1 Å². The smallest absolute Gasteiger partial charge is 0.108 e. The topological polar surface area (TPSA) is 63.9 Å². The van der Waals surface area contributed by atoms with Crippen LogP contribution in [0.1, 0.15) is 12.8 Å². The summed E-state index contributed by atoms with van der Waals surface area (Å²) in [4.78, 5) is 2.06. The molecular weight excluding hydrogens is 158 g/mol. The molecule has 0 amide bonds. The molecule has 3 N–H and O–H groups in total. The van der Waals surface area contributed by atoms with E-state index in [0.717, 1.165) is 19.4 Å². The van der Waals surface area contributed by atoms with E-state index in [1.807, 2.05) is 0 Å². The second kappa shape index (κ2) is 2.96. The molecule has 2 aliphatic heterocycles. The van der Waals surface area contributed by atoms with Crippen molar-refractivity contribution in [1.29, 1.82) is 0 Å². The SMILES string of the molecule is O[C@@H]1[C@@H](O)[C@@H]2CCCN2C[C@@H]1O. The molecule has 70 valence electrons. The summed E-state index contributed by atoms with van der Waals surface area (Å²) in [5.41, 5.74) is 0. The number of rotatable bonds is 0. The summed E-state index contributed by atoms with van der Waals surface area (Å²) in [6, 6.07) is 0.0726. The number of nitrogens with zero attached hydrogens (tertiary/aromatic N) is 1. The van der Waals surface area contributed by atoms with Crippen LogP contribution in [0.2, 0.25) is 0 Å². The van der Waals surface area contributed by atoms with Crippen molar-refractivity contribution in [2.24, 2.45) is 0 Å². The molecule has 0 aromatic heterocycles. The Kier molecular flexibility index (Phi) is 2.08. The number of hydrogen-bond donors (Lipinski definition) is 3. The Balaban J connectivity index is 2.10. The van der Waals surface area contributed by atoms with Gasteiger partial charge in [0.25, 0.3) is 0 Å². The lowest BCUT2D eigenvalue weighted by atomic mass is 9.94. The third kappa shape index (κ3) is 1.15. The van der Waals surface area contributed by atoms with E-state index >= 15 is 0 Å². The van der Waals surface area contributed by atoms with Crippen molar-refractivity contribution in [3.05, 3.63) is 0 Å². The first kappa shape index (κ1) is 8.44. The largest absolute Gasteiger partial charge is 0.389 e. The van der Waals surface area contributed by atoms with Gasteiger partial charge in [-0.05, 0) is 19.4 Å². The Morgan fingerprint density at radius 2 is 1.83 bits per heavy atom. The molecule has 0 unspecified atom stereocenters. The first-order chi connectivity index (χ1) is 5.70. The predicted molar refractivity (Wildman–Crippen MR) is 42.6 cm³/mol. The molecule has 4 nitrogen and oxygen atoms in total. The highest BCUT2D eigenvalue weighted by atomic mass is 16.4. The average molecular weight is 173 g/mol. The lowest BCUT2D eigenvalue weighted by molar-refractivity contribution is -0.127. The Bertz CT molecular complexity index is 176. The molecule has 2 fully saturated rings. The van der Waals surface area contributed by atoms with E-state index in [1.165, 1.54) is 0 Å². The Morgan fingerprint density at radius 1 is 1.08 bits per heavy atom. The fraction of sp³-hybridized carbons (Fsp3) is 1.00. The maximum Gasteiger partial charge on any atom is 0.108 e. The van der Waals surface area contributed by atoms with Crippen LogP contribution in [0.4, 0.5) is 0 Å². The van der Waals surface area contributed by atoms with Gasteiger partial charge in [0.15, 0.2) is 0 Å². The molecule has 0 aliphatic carbocycles. The molecule has 0 bridgehead atoms. The lowest BCUT2D eigenvalue weighted by Gasteiger charge is -2.39. The quantitative estimate of drug-likeness (QED) is 0.419. The minimum absolute atomic E-state index is 0.0726. The van der Waals surface area contributed by atoms with Gasteiger partial charge in [-0.3, -0.25) is 4.90 Å². The molecule has 2 rings (SSSR count). The molecule has 2 aliphatic rings. The van der Waals surface area contributed by atoms with Crippen LogP contribution >= 0.6 is 0 Å². The van der Waals surface area contributed by atoms with Gasteiger partial charge in [-0.2, -0.15) is 0 Å². The van der Waals surface area contributed by atoms with Crippen molar-refractivity contribution < 1.29 is 15.3 Å². The van der Waals surface area contributed by atoms with Gasteiger partial charge in [0, 0.05) is 12.6 Å². The van der Waals surface area contributed by atoms with E-state index < -0.39 is 18.3 Å². The minimum Gasteiger partial charge on any atom is -0.389 e. The number of fused-ring (bicyclic) bond motifs is 1. The number of piperidine rings is 1. The van der Waals surface area contributed by atoms with Crippen molar-refractivity contribution in [2.45, 2.75) is 37.2 Å². The van der Waals surface area contributed by atoms with E-state index in [2.05, 4.69) is 4.90 Å². The van der Waals surface area contributed by atoms with Crippen LogP contribution in [0.5, 0.6) is 0 Å². The van der Waals surface area contributed by atoms with Gasteiger partial charge in [-0.15, -0.1) is 0 Å². The molecule has 4 heteroatoms. The van der Waals surface area contributed by atoms with Crippen LogP contribution in [-0.2, 0) is 0 Å². The zero-order valence-electron chi connectivity index (χ0n) is 6.93. The maximum absolute atomic E-state index is 9.57. The molecule has 2 saturated heterocycles. The van der Waals surface area contributed by atoms with Crippen LogP contribution in [-0.4, -0.2) is 57.7 Å². The van der Waals surface area contributed by atoms with Crippen molar-refractivity contribution in [3.8, 4) is 0 Å². The minimum atomic E-state index is -0.954. The standard InChI is InChI=1S/C8H15NO3/c10-6-4-9-3-1-2-5(9)7(11)8(6)12/h5-8,10-12H,1-4H2/t5-,6-,7-,8-/m0/s1. The van der Waals surface area contributed by atoms with Crippen LogP contribution < -0.4 is 0 Å². The van der Waals surface area contributed by atoms with Crippen LogP contribution in [0.25, 0.3) is 0 Å². The summed E-state index contributed by atoms with van der Waals surface area (Å²) >= 11 is 0. The zero-order chi connectivity index (χ0) is 8.72. The highest BCUT2D eigenvalue weighted by molar-refractivity contribution is 4.97. The third-order valence-corrected chi connectivity index (χ3v) is 2.97. The highest BCUT2D eigenvalue weighted by Gasteiger charge is 2.42. The molecular formula is C8H15NO3. The molecule has 0 aromatic rings. The zero-order valence-corrected chi connectivity index (χ0v) is 6.93. The molecule has 0 saturated carbocycles. The second-order valence-electron chi connectivity index (χ2n) is 3.75. The summed E-state index contributed by atoms with van der Waals surface area (Å²) in [6.45, 7) is 1.44. The van der Waals surface area contributed by atoms with Crippen molar-refractivity contribution in [1.82, 2.24) is 4.90 Å². The third-order valence-electron chi connectivity index (χ3n) is 2.97. The van der Waals surface area contributed by atoms with Gasteiger partial charge in [0.05, 0.1) is 12.2 Å². The normalized spacial score (nSPS) is 49.2. The van der Waals surface area contributed by atoms with Crippen molar-refractivity contribution >= 4 is 0 Å². The van der Waals surface area contributed by atoms with Gasteiger partial charge >= 0.3 is 0 Å². The summed E-state index contributed by atoms with van der Waals surface area (Å²) in [5.74, 6) is 0. The number of aliphatic hydroxyl groups excluding tert-OH is 3. The lowest BCUT2D eigenvalue weighted by Crippen LogP contribution is -2.58. The Hall–Kier alpha value is -0.160. The van der Waals surface area contributed by atoms with Crippen LogP contribution in [0.15, 0.2) is 0 Å². The summed E-state index contributed by atoms with van der Waals surface area (Å²) in [7, 11) is 0. The monoisotopic (exact) mass is 173 g/mol. The average Bonchev–Trinajstić information content (AvgIpc) is 2.48. The van der Waals surface area contributed by atoms with Gasteiger partial charge in [0.2, 0.25) is 0 Å². The number of hydrogen-bond acceptors (Lipinski definition) is 4.